The Kier molecular flexibility index (Phi) is 2.93. The maximum Gasteiger partial charge on any atom is 0.227 e. The zero-order valence-corrected chi connectivity index (χ0v) is 11.6. The molecule has 1 fully saturated rings. The van der Waals surface area contributed by atoms with Crippen LogP contribution in [0, 0.1) is 11.8 Å². The lowest BCUT2D eigenvalue weighted by atomic mass is 10.2. The number of ether oxygens (including phenoxy) is 2. The Balaban J connectivity index is 1.81. The first-order valence-corrected chi connectivity index (χ1v) is 6.84. The average Bonchev–Trinajstić information content (AvgIpc) is 3.07. The summed E-state index contributed by atoms with van der Waals surface area (Å²) in [5.74, 6) is 2.14. The smallest absolute Gasteiger partial charge is 0.227 e. The molecule has 0 aromatic heterocycles. The second-order valence-corrected chi connectivity index (χ2v) is 5.64. The molecule has 2 aliphatic rings. The molecule has 0 unspecified atom stereocenters. The molecule has 1 amide bonds. The average molecular weight is 312 g/mol. The van der Waals surface area contributed by atoms with Crippen molar-refractivity contribution >= 4 is 27.5 Å². The summed E-state index contributed by atoms with van der Waals surface area (Å²) in [5.41, 5.74) is 0.739. The number of nitrogens with one attached hydrogen (secondary N) is 1. The number of anilines is 1. The fourth-order valence-electron chi connectivity index (χ4n) is 2.07. The summed E-state index contributed by atoms with van der Waals surface area (Å²) < 4.78 is 11.8. The molecule has 0 radical (unpaired) electrons. The van der Waals surface area contributed by atoms with Crippen LogP contribution in [-0.4, -0.2) is 19.1 Å². The lowest BCUT2D eigenvalue weighted by molar-refractivity contribution is -0.117. The van der Waals surface area contributed by atoms with Gasteiger partial charge in [-0.1, -0.05) is 6.92 Å². The van der Waals surface area contributed by atoms with Gasteiger partial charge in [0.05, 0.1) is 5.69 Å². The number of carbonyl (C=O) groups excluding carboxylic acids is 1. The number of fused-ring (bicyclic) bond motifs is 1. The van der Waals surface area contributed by atoms with Crippen LogP contribution >= 0.6 is 15.9 Å². The molecule has 5 heteroatoms. The first-order valence-electron chi connectivity index (χ1n) is 6.05. The summed E-state index contributed by atoms with van der Waals surface area (Å²) >= 11 is 3.44. The molecule has 3 rings (SSSR count). The Morgan fingerprint density at radius 1 is 1.33 bits per heavy atom. The van der Waals surface area contributed by atoms with Crippen molar-refractivity contribution in [2.24, 2.45) is 11.8 Å². The number of hydrogen-bond acceptors (Lipinski definition) is 3. The molecule has 1 aromatic carbocycles. The third-order valence-corrected chi connectivity index (χ3v) is 3.99. The lowest BCUT2D eigenvalue weighted by Gasteiger charge is -2.20. The molecule has 1 N–H and O–H groups in total. The number of halogens is 1. The highest BCUT2D eigenvalue weighted by atomic mass is 79.9. The van der Waals surface area contributed by atoms with Crippen LogP contribution in [0.2, 0.25) is 0 Å². The largest absolute Gasteiger partial charge is 0.486 e. The molecule has 0 saturated heterocycles. The number of amides is 1. The quantitative estimate of drug-likeness (QED) is 0.913. The number of hydrogen-bond donors (Lipinski definition) is 1. The van der Waals surface area contributed by atoms with Crippen LogP contribution in [0.1, 0.15) is 13.3 Å². The summed E-state index contributed by atoms with van der Waals surface area (Å²) in [7, 11) is 0. The molecule has 1 aromatic rings. The van der Waals surface area contributed by atoms with E-state index in [9.17, 15) is 4.79 Å². The highest BCUT2D eigenvalue weighted by molar-refractivity contribution is 9.10. The first kappa shape index (κ1) is 11.8. The van der Waals surface area contributed by atoms with Gasteiger partial charge in [-0.25, -0.2) is 0 Å². The predicted octanol–water partition coefficient (Wildman–Crippen LogP) is 2.81. The third-order valence-electron chi connectivity index (χ3n) is 3.34. The van der Waals surface area contributed by atoms with E-state index in [0.717, 1.165) is 16.6 Å². The van der Waals surface area contributed by atoms with Gasteiger partial charge in [0, 0.05) is 22.5 Å². The van der Waals surface area contributed by atoms with Crippen LogP contribution in [0.15, 0.2) is 16.6 Å². The minimum Gasteiger partial charge on any atom is -0.486 e. The van der Waals surface area contributed by atoms with E-state index in [2.05, 4.69) is 28.2 Å². The van der Waals surface area contributed by atoms with Crippen molar-refractivity contribution in [2.75, 3.05) is 18.5 Å². The summed E-state index contributed by atoms with van der Waals surface area (Å²) in [6, 6.07) is 3.64. The van der Waals surface area contributed by atoms with Crippen molar-refractivity contribution in [1.29, 1.82) is 0 Å². The maximum atomic E-state index is 11.9. The van der Waals surface area contributed by atoms with E-state index in [1.165, 1.54) is 0 Å². The van der Waals surface area contributed by atoms with Crippen LogP contribution in [0.5, 0.6) is 11.5 Å². The summed E-state index contributed by atoms with van der Waals surface area (Å²) in [4.78, 5) is 11.9. The topological polar surface area (TPSA) is 47.6 Å². The van der Waals surface area contributed by atoms with Gasteiger partial charge in [0.2, 0.25) is 5.91 Å². The second kappa shape index (κ2) is 4.46. The number of carbonyl (C=O) groups is 1. The van der Waals surface area contributed by atoms with Gasteiger partial charge in [-0.2, -0.15) is 0 Å². The van der Waals surface area contributed by atoms with Gasteiger partial charge < -0.3 is 14.8 Å². The van der Waals surface area contributed by atoms with E-state index in [4.69, 9.17) is 9.47 Å². The number of rotatable bonds is 2. The van der Waals surface area contributed by atoms with Crippen LogP contribution in [-0.2, 0) is 4.79 Å². The third kappa shape index (κ3) is 2.19. The minimum atomic E-state index is 0.0832. The molecule has 0 spiro atoms. The van der Waals surface area contributed by atoms with E-state index in [1.54, 1.807) is 0 Å². The Labute approximate surface area is 114 Å². The highest BCUT2D eigenvalue weighted by Gasteiger charge is 2.39. The van der Waals surface area contributed by atoms with Gasteiger partial charge in [0.15, 0.2) is 11.5 Å². The maximum absolute atomic E-state index is 11.9. The fraction of sp³-hybridized carbons (Fsp3) is 0.462. The van der Waals surface area contributed by atoms with Gasteiger partial charge in [0.25, 0.3) is 0 Å². The van der Waals surface area contributed by atoms with E-state index in [-0.39, 0.29) is 11.8 Å². The van der Waals surface area contributed by atoms with E-state index in [0.29, 0.717) is 30.6 Å². The van der Waals surface area contributed by atoms with Crippen molar-refractivity contribution in [3.63, 3.8) is 0 Å². The van der Waals surface area contributed by atoms with Crippen molar-refractivity contribution in [3.05, 3.63) is 16.6 Å². The van der Waals surface area contributed by atoms with Crippen LogP contribution in [0.3, 0.4) is 0 Å². The number of benzene rings is 1. The zero-order valence-electron chi connectivity index (χ0n) is 10.0. The van der Waals surface area contributed by atoms with Crippen LogP contribution in [0.4, 0.5) is 5.69 Å². The van der Waals surface area contributed by atoms with Gasteiger partial charge in [0.1, 0.15) is 13.2 Å². The standard InChI is InChI=1S/C13H14BrNO3/c1-7-4-8(7)13(16)15-10-6-12-11(5-9(10)14)17-2-3-18-12/h5-8H,2-4H2,1H3,(H,15,16)/t7-,8+/m1/s1. The van der Waals surface area contributed by atoms with E-state index >= 15 is 0 Å². The van der Waals surface area contributed by atoms with Gasteiger partial charge in [-0.15, -0.1) is 0 Å². The molecule has 18 heavy (non-hydrogen) atoms. The van der Waals surface area contributed by atoms with Crippen LogP contribution < -0.4 is 14.8 Å². The van der Waals surface area contributed by atoms with E-state index in [1.807, 2.05) is 12.1 Å². The normalized spacial score (nSPS) is 24.6. The first-order chi connectivity index (χ1) is 8.65. The molecule has 1 aliphatic carbocycles. The van der Waals surface area contributed by atoms with Crippen molar-refractivity contribution < 1.29 is 14.3 Å². The molecule has 2 atom stereocenters. The minimum absolute atomic E-state index is 0.0832. The molecular weight excluding hydrogens is 298 g/mol. The van der Waals surface area contributed by atoms with Gasteiger partial charge in [-0.3, -0.25) is 4.79 Å². The predicted molar refractivity (Wildman–Crippen MR) is 71.0 cm³/mol. The summed E-state index contributed by atoms with van der Waals surface area (Å²) in [6.07, 6.45) is 0.980. The van der Waals surface area contributed by atoms with Gasteiger partial charge >= 0.3 is 0 Å². The van der Waals surface area contributed by atoms with E-state index < -0.39 is 0 Å². The Morgan fingerprint density at radius 2 is 1.94 bits per heavy atom. The molecule has 1 saturated carbocycles. The molecule has 1 aliphatic heterocycles. The molecule has 0 bridgehead atoms. The van der Waals surface area contributed by atoms with Crippen LogP contribution in [0.25, 0.3) is 0 Å². The monoisotopic (exact) mass is 311 g/mol. The van der Waals surface area contributed by atoms with Crippen molar-refractivity contribution in [1.82, 2.24) is 0 Å². The summed E-state index contributed by atoms with van der Waals surface area (Å²) in [6.45, 7) is 3.19. The zero-order chi connectivity index (χ0) is 12.7. The molecule has 96 valence electrons. The second-order valence-electron chi connectivity index (χ2n) is 4.78. The molecular formula is C13H14BrNO3. The highest BCUT2D eigenvalue weighted by Crippen LogP contribution is 2.41. The van der Waals surface area contributed by atoms with Crippen molar-refractivity contribution in [2.45, 2.75) is 13.3 Å². The van der Waals surface area contributed by atoms with Gasteiger partial charge in [-0.05, 0) is 28.3 Å². The molecule has 4 nitrogen and oxygen atoms in total. The molecule has 1 heterocycles. The lowest BCUT2D eigenvalue weighted by Crippen LogP contribution is -2.17. The SMILES string of the molecule is C[C@@H]1C[C@@H]1C(=O)Nc1cc2c(cc1Br)OCCO2. The Hall–Kier alpha value is -1.23. The summed E-state index contributed by atoms with van der Waals surface area (Å²) in [5, 5.41) is 2.93. The Morgan fingerprint density at radius 3 is 2.56 bits per heavy atom. The fourth-order valence-corrected chi connectivity index (χ4v) is 2.49. The Bertz CT molecular complexity index is 503. The van der Waals surface area contributed by atoms with Crippen molar-refractivity contribution in [3.8, 4) is 11.5 Å².